The molecule has 0 radical (unpaired) electrons. The first-order valence-corrected chi connectivity index (χ1v) is 8.61. The molecule has 4 heteroatoms. The molecule has 1 aromatic heterocycles. The summed E-state index contributed by atoms with van der Waals surface area (Å²) in [7, 11) is 2.02. The number of rotatable bonds is 6. The summed E-state index contributed by atoms with van der Waals surface area (Å²) >= 11 is 3.65. The van der Waals surface area contributed by atoms with Gasteiger partial charge in [-0.2, -0.15) is 5.10 Å². The van der Waals surface area contributed by atoms with Crippen LogP contribution in [0.3, 0.4) is 0 Å². The Balaban J connectivity index is 1.93. The summed E-state index contributed by atoms with van der Waals surface area (Å²) in [6.07, 6.45) is 6.95. The Bertz CT molecular complexity index is 445. The van der Waals surface area contributed by atoms with Gasteiger partial charge >= 0.3 is 0 Å². The zero-order valence-corrected chi connectivity index (χ0v) is 14.9. The average Bonchev–Trinajstić information content (AvgIpc) is 2.89. The second kappa shape index (κ2) is 6.61. The number of halogens is 1. The molecule has 0 saturated heterocycles. The van der Waals surface area contributed by atoms with E-state index in [1.54, 1.807) is 0 Å². The molecule has 1 aliphatic rings. The molecule has 0 atom stereocenters. The molecule has 1 saturated carbocycles. The van der Waals surface area contributed by atoms with E-state index in [9.17, 15) is 0 Å². The van der Waals surface area contributed by atoms with Crippen LogP contribution in [0.5, 0.6) is 0 Å². The van der Waals surface area contributed by atoms with Crippen LogP contribution < -0.4 is 5.32 Å². The number of hydrogen-bond acceptors (Lipinski definition) is 2. The van der Waals surface area contributed by atoms with Crippen molar-refractivity contribution >= 4 is 15.9 Å². The van der Waals surface area contributed by atoms with Crippen LogP contribution in [0.1, 0.15) is 57.3 Å². The van der Waals surface area contributed by atoms with Gasteiger partial charge in [-0.3, -0.25) is 4.68 Å². The van der Waals surface area contributed by atoms with E-state index in [-0.39, 0.29) is 0 Å². The predicted molar refractivity (Wildman–Crippen MR) is 87.7 cm³/mol. The fourth-order valence-electron chi connectivity index (χ4n) is 3.76. The van der Waals surface area contributed by atoms with Crippen molar-refractivity contribution in [3.8, 4) is 0 Å². The van der Waals surface area contributed by atoms with Gasteiger partial charge in [0.15, 0.2) is 0 Å². The van der Waals surface area contributed by atoms with Gasteiger partial charge in [0, 0.05) is 20.1 Å². The van der Waals surface area contributed by atoms with Crippen LogP contribution in [-0.2, 0) is 13.6 Å². The lowest BCUT2D eigenvalue weighted by molar-refractivity contribution is 0.223. The minimum Gasteiger partial charge on any atom is -0.311 e. The van der Waals surface area contributed by atoms with Crippen LogP contribution in [0, 0.1) is 18.3 Å². The molecule has 1 N–H and O–H groups in total. The van der Waals surface area contributed by atoms with Crippen LogP contribution in [-0.4, -0.2) is 16.3 Å². The topological polar surface area (TPSA) is 29.9 Å². The lowest BCUT2D eigenvalue weighted by Gasteiger charge is -2.31. The van der Waals surface area contributed by atoms with Gasteiger partial charge in [-0.15, -0.1) is 0 Å². The molecule has 0 aliphatic heterocycles. The summed E-state index contributed by atoms with van der Waals surface area (Å²) in [4.78, 5) is 0. The third-order valence-corrected chi connectivity index (χ3v) is 5.59. The van der Waals surface area contributed by atoms with E-state index in [0.717, 1.165) is 29.2 Å². The molecule has 0 unspecified atom stereocenters. The molecule has 1 aliphatic carbocycles. The molecular weight excluding hydrogens is 314 g/mol. The average molecular weight is 342 g/mol. The summed E-state index contributed by atoms with van der Waals surface area (Å²) in [5.74, 6) is 0.792. The smallest absolute Gasteiger partial charge is 0.0739 e. The number of hydrogen-bond donors (Lipinski definition) is 1. The zero-order chi connectivity index (χ0) is 14.8. The number of nitrogens with one attached hydrogen (secondary N) is 1. The second-order valence-corrected chi connectivity index (χ2v) is 7.67. The molecule has 0 amide bonds. The van der Waals surface area contributed by atoms with Crippen LogP contribution in [0.15, 0.2) is 4.47 Å². The van der Waals surface area contributed by atoms with E-state index >= 15 is 0 Å². The Morgan fingerprint density at radius 3 is 2.50 bits per heavy atom. The van der Waals surface area contributed by atoms with Gasteiger partial charge in [0.2, 0.25) is 0 Å². The van der Waals surface area contributed by atoms with Gasteiger partial charge < -0.3 is 5.32 Å². The summed E-state index contributed by atoms with van der Waals surface area (Å²) < 4.78 is 3.13. The van der Waals surface area contributed by atoms with Gasteiger partial charge in [-0.05, 0) is 53.4 Å². The van der Waals surface area contributed by atoms with Crippen molar-refractivity contribution in [1.29, 1.82) is 0 Å². The Morgan fingerprint density at radius 1 is 1.35 bits per heavy atom. The van der Waals surface area contributed by atoms with E-state index in [1.807, 2.05) is 18.7 Å². The van der Waals surface area contributed by atoms with Crippen molar-refractivity contribution in [2.24, 2.45) is 18.4 Å². The monoisotopic (exact) mass is 341 g/mol. The van der Waals surface area contributed by atoms with Gasteiger partial charge in [0.05, 0.1) is 15.9 Å². The van der Waals surface area contributed by atoms with Crippen molar-refractivity contribution < 1.29 is 0 Å². The molecule has 114 valence electrons. The minimum atomic E-state index is 0.536. The van der Waals surface area contributed by atoms with E-state index in [0.29, 0.717) is 5.41 Å². The maximum absolute atomic E-state index is 4.46. The quantitative estimate of drug-likeness (QED) is 0.840. The van der Waals surface area contributed by atoms with Crippen LogP contribution in [0.25, 0.3) is 0 Å². The molecule has 0 bridgehead atoms. The minimum absolute atomic E-state index is 0.536. The third kappa shape index (κ3) is 3.64. The normalized spacial score (nSPS) is 18.1. The highest BCUT2D eigenvalue weighted by Crippen LogP contribution is 2.42. The Hall–Kier alpha value is -0.350. The fourth-order valence-corrected chi connectivity index (χ4v) is 4.24. The Kier molecular flexibility index (Phi) is 5.30. The van der Waals surface area contributed by atoms with Crippen molar-refractivity contribution in [3.05, 3.63) is 15.9 Å². The molecule has 0 spiro atoms. The highest BCUT2D eigenvalue weighted by molar-refractivity contribution is 9.10. The van der Waals surface area contributed by atoms with Gasteiger partial charge in [-0.1, -0.05) is 26.7 Å². The number of aromatic nitrogens is 2. The Morgan fingerprint density at radius 2 is 2.00 bits per heavy atom. The van der Waals surface area contributed by atoms with E-state index in [1.165, 1.54) is 37.8 Å². The Labute approximate surface area is 131 Å². The lowest BCUT2D eigenvalue weighted by atomic mass is 9.78. The first kappa shape index (κ1) is 16.0. The van der Waals surface area contributed by atoms with Gasteiger partial charge in [0.25, 0.3) is 0 Å². The predicted octanol–water partition coefficient (Wildman–Crippen LogP) is 4.19. The molecule has 1 aromatic rings. The molecule has 1 fully saturated rings. The summed E-state index contributed by atoms with van der Waals surface area (Å²) in [5.41, 5.74) is 2.86. The van der Waals surface area contributed by atoms with E-state index < -0.39 is 0 Å². The van der Waals surface area contributed by atoms with Gasteiger partial charge in [-0.25, -0.2) is 0 Å². The second-order valence-electron chi connectivity index (χ2n) is 6.88. The highest BCUT2D eigenvalue weighted by atomic mass is 79.9. The maximum Gasteiger partial charge on any atom is 0.0739 e. The summed E-state index contributed by atoms with van der Waals surface area (Å²) in [5, 5.41) is 8.15. The summed E-state index contributed by atoms with van der Waals surface area (Å²) in [6, 6.07) is 0. The molecule has 2 rings (SSSR count). The van der Waals surface area contributed by atoms with Crippen LogP contribution in [0.2, 0.25) is 0 Å². The SMILES string of the molecule is Cc1nn(C)c(CNCC2(CC(C)C)CCCC2)c1Br. The molecule has 0 aromatic carbocycles. The third-order valence-electron chi connectivity index (χ3n) is 4.56. The number of aryl methyl sites for hydroxylation is 2. The standard InChI is InChI=1S/C16H28BrN3/c1-12(2)9-16(7-5-6-8-16)11-18-10-14-15(17)13(3)19-20(14)4/h12,18H,5-11H2,1-4H3. The summed E-state index contributed by atoms with van der Waals surface area (Å²) in [6.45, 7) is 8.78. The van der Waals surface area contributed by atoms with Crippen molar-refractivity contribution in [2.45, 2.75) is 59.4 Å². The molecule has 20 heavy (non-hydrogen) atoms. The van der Waals surface area contributed by atoms with Gasteiger partial charge in [0.1, 0.15) is 0 Å². The van der Waals surface area contributed by atoms with E-state index in [2.05, 4.69) is 40.2 Å². The highest BCUT2D eigenvalue weighted by Gasteiger charge is 2.33. The lowest BCUT2D eigenvalue weighted by Crippen LogP contribution is -2.33. The number of nitrogens with zero attached hydrogens (tertiary/aromatic N) is 2. The molecular formula is C16H28BrN3. The maximum atomic E-state index is 4.46. The molecule has 1 heterocycles. The first-order chi connectivity index (χ1) is 9.43. The molecule has 3 nitrogen and oxygen atoms in total. The van der Waals surface area contributed by atoms with Crippen LogP contribution in [0.4, 0.5) is 0 Å². The van der Waals surface area contributed by atoms with Crippen molar-refractivity contribution in [3.63, 3.8) is 0 Å². The first-order valence-electron chi connectivity index (χ1n) is 7.82. The van der Waals surface area contributed by atoms with E-state index in [4.69, 9.17) is 0 Å². The van der Waals surface area contributed by atoms with Crippen LogP contribution >= 0.6 is 15.9 Å². The van der Waals surface area contributed by atoms with Crippen molar-refractivity contribution in [1.82, 2.24) is 15.1 Å². The largest absolute Gasteiger partial charge is 0.311 e. The van der Waals surface area contributed by atoms with Crippen molar-refractivity contribution in [2.75, 3.05) is 6.54 Å². The fraction of sp³-hybridized carbons (Fsp3) is 0.812. The zero-order valence-electron chi connectivity index (χ0n) is 13.3.